The number of hydrogen-bond donors (Lipinski definition) is 0. The molecule has 7 heteroatoms. The van der Waals surface area contributed by atoms with Gasteiger partial charge in [-0.25, -0.2) is 4.99 Å². The number of fused-ring (bicyclic) bond motifs is 4. The standard InChI is InChI=1S/C41H34N2O4S/c1-3-46-36-23-26(15-22-35(36)47-25-30-12-8-11-27-9-4-6-13-32(27)30)24-37-40(44)43-39(29-16-19-31(45-2)20-17-29)34-21-18-28-10-5-7-14-33(28)38(34)42-41(43)48-37/h4-17,19-20,22-24,39H,3,18,21,25H2,1-2H3/b37-24-/t39-/m0/s1. The SMILES string of the molecule is CCOc1cc(/C=c2\sc3n(c2=O)[C@@H](c2ccc(OC)cc2)C2=C(N=3)c3ccccc3CC2)ccc1OCc1cccc2ccccc12. The zero-order chi connectivity index (χ0) is 32.6. The number of hydrogen-bond acceptors (Lipinski definition) is 6. The van der Waals surface area contributed by atoms with Crippen LogP contribution in [0.15, 0.2) is 125 Å². The Hall–Kier alpha value is -5.40. The predicted octanol–water partition coefficient (Wildman–Crippen LogP) is 7.46. The van der Waals surface area contributed by atoms with Crippen molar-refractivity contribution in [3.8, 4) is 17.2 Å². The summed E-state index contributed by atoms with van der Waals surface area (Å²) in [5.41, 5.74) is 7.54. The summed E-state index contributed by atoms with van der Waals surface area (Å²) in [6.07, 6.45) is 3.69. The van der Waals surface area contributed by atoms with E-state index in [1.165, 1.54) is 33.2 Å². The summed E-state index contributed by atoms with van der Waals surface area (Å²) in [5, 5.41) is 2.35. The van der Waals surface area contributed by atoms with Crippen molar-refractivity contribution < 1.29 is 14.2 Å². The minimum atomic E-state index is -0.249. The average molecular weight is 651 g/mol. The molecule has 1 aliphatic carbocycles. The molecule has 1 atom stereocenters. The van der Waals surface area contributed by atoms with Gasteiger partial charge in [-0.2, -0.15) is 0 Å². The Balaban J connectivity index is 1.19. The van der Waals surface area contributed by atoms with Gasteiger partial charge >= 0.3 is 0 Å². The highest BCUT2D eigenvalue weighted by atomic mass is 32.1. The molecule has 0 bridgehead atoms. The highest BCUT2D eigenvalue weighted by molar-refractivity contribution is 7.07. The smallest absolute Gasteiger partial charge is 0.271 e. The Kier molecular flexibility index (Phi) is 7.90. The van der Waals surface area contributed by atoms with Gasteiger partial charge in [0.1, 0.15) is 12.4 Å². The van der Waals surface area contributed by atoms with Crippen molar-refractivity contribution in [2.45, 2.75) is 32.4 Å². The lowest BCUT2D eigenvalue weighted by Gasteiger charge is -2.30. The van der Waals surface area contributed by atoms with Gasteiger partial charge in [0.15, 0.2) is 16.3 Å². The summed E-state index contributed by atoms with van der Waals surface area (Å²) >= 11 is 1.42. The van der Waals surface area contributed by atoms with Gasteiger partial charge in [-0.15, -0.1) is 0 Å². The molecular formula is C41H34N2O4S. The number of nitrogens with zero attached hydrogens (tertiary/aromatic N) is 2. The van der Waals surface area contributed by atoms with Crippen LogP contribution >= 0.6 is 11.3 Å². The maximum absolute atomic E-state index is 14.3. The van der Waals surface area contributed by atoms with E-state index in [0.29, 0.717) is 34.0 Å². The first-order valence-corrected chi connectivity index (χ1v) is 17.1. The van der Waals surface area contributed by atoms with Gasteiger partial charge in [0, 0.05) is 5.56 Å². The molecule has 0 radical (unpaired) electrons. The van der Waals surface area contributed by atoms with Gasteiger partial charge in [0.05, 0.1) is 30.0 Å². The van der Waals surface area contributed by atoms with Crippen LogP contribution in [0.2, 0.25) is 0 Å². The number of benzene rings is 5. The molecule has 0 unspecified atom stereocenters. The largest absolute Gasteiger partial charge is 0.497 e. The molecule has 48 heavy (non-hydrogen) atoms. The van der Waals surface area contributed by atoms with Crippen molar-refractivity contribution in [1.29, 1.82) is 0 Å². The van der Waals surface area contributed by atoms with Crippen LogP contribution in [-0.4, -0.2) is 18.3 Å². The molecule has 0 saturated heterocycles. The predicted molar refractivity (Wildman–Crippen MR) is 192 cm³/mol. The van der Waals surface area contributed by atoms with Crippen molar-refractivity contribution in [2.24, 2.45) is 4.99 Å². The number of aryl methyl sites for hydroxylation is 1. The molecule has 0 fully saturated rings. The maximum Gasteiger partial charge on any atom is 0.271 e. The normalized spacial score (nSPS) is 15.4. The Labute approximate surface area is 282 Å². The summed E-state index contributed by atoms with van der Waals surface area (Å²) in [4.78, 5) is 20.1. The number of rotatable bonds is 8. The van der Waals surface area contributed by atoms with Gasteiger partial charge in [0.2, 0.25) is 0 Å². The summed E-state index contributed by atoms with van der Waals surface area (Å²) in [6, 6.07) is 36.7. The Morgan fingerprint density at radius 1 is 0.875 bits per heavy atom. The van der Waals surface area contributed by atoms with Crippen molar-refractivity contribution in [3.63, 3.8) is 0 Å². The lowest BCUT2D eigenvalue weighted by Crippen LogP contribution is -2.38. The fraction of sp³-hybridized carbons (Fsp3) is 0.171. The van der Waals surface area contributed by atoms with Gasteiger partial charge in [-0.1, -0.05) is 96.3 Å². The zero-order valence-electron chi connectivity index (χ0n) is 26.8. The molecular weight excluding hydrogens is 617 g/mol. The van der Waals surface area contributed by atoms with E-state index in [1.807, 2.05) is 60.0 Å². The molecule has 0 N–H and O–H groups in total. The summed E-state index contributed by atoms with van der Waals surface area (Å²) < 4.78 is 20.3. The van der Waals surface area contributed by atoms with Crippen LogP contribution in [-0.2, 0) is 13.0 Å². The lowest BCUT2D eigenvalue weighted by atomic mass is 9.83. The summed E-state index contributed by atoms with van der Waals surface area (Å²) in [7, 11) is 1.66. The number of ether oxygens (including phenoxy) is 3. The number of aromatic nitrogens is 1. The van der Waals surface area contributed by atoms with E-state index in [-0.39, 0.29) is 11.6 Å². The van der Waals surface area contributed by atoms with Crippen LogP contribution in [0.1, 0.15) is 47.2 Å². The minimum absolute atomic E-state index is 0.0563. The molecule has 6 aromatic rings. The quantitative estimate of drug-likeness (QED) is 0.172. The lowest BCUT2D eigenvalue weighted by molar-refractivity contribution is 0.270. The third-order valence-electron chi connectivity index (χ3n) is 9.13. The first-order chi connectivity index (χ1) is 23.6. The summed E-state index contributed by atoms with van der Waals surface area (Å²) in [5.74, 6) is 2.08. The second-order valence-electron chi connectivity index (χ2n) is 12.0. The van der Waals surface area contributed by atoms with Crippen LogP contribution < -0.4 is 29.1 Å². The zero-order valence-corrected chi connectivity index (χ0v) is 27.6. The van der Waals surface area contributed by atoms with E-state index in [0.717, 1.165) is 46.5 Å². The first kappa shape index (κ1) is 30.0. The minimum Gasteiger partial charge on any atom is -0.497 e. The molecule has 2 aliphatic rings. The molecule has 0 spiro atoms. The van der Waals surface area contributed by atoms with E-state index in [2.05, 4.69) is 66.7 Å². The Morgan fingerprint density at radius 2 is 1.69 bits per heavy atom. The monoisotopic (exact) mass is 650 g/mol. The van der Waals surface area contributed by atoms with Gasteiger partial charge < -0.3 is 14.2 Å². The molecule has 6 nitrogen and oxygen atoms in total. The van der Waals surface area contributed by atoms with E-state index in [1.54, 1.807) is 7.11 Å². The van der Waals surface area contributed by atoms with Crippen molar-refractivity contribution in [3.05, 3.63) is 162 Å². The molecule has 1 aliphatic heterocycles. The molecule has 0 saturated carbocycles. The van der Waals surface area contributed by atoms with Crippen molar-refractivity contribution >= 4 is 33.9 Å². The fourth-order valence-electron chi connectivity index (χ4n) is 6.84. The number of allylic oxidation sites excluding steroid dienone is 1. The molecule has 2 heterocycles. The topological polar surface area (TPSA) is 62.0 Å². The highest BCUT2D eigenvalue weighted by Crippen LogP contribution is 2.41. The number of thiazole rings is 1. The van der Waals surface area contributed by atoms with Crippen LogP contribution in [0.25, 0.3) is 22.5 Å². The molecule has 1 aromatic heterocycles. The fourth-order valence-corrected chi connectivity index (χ4v) is 7.84. The highest BCUT2D eigenvalue weighted by Gasteiger charge is 2.32. The van der Waals surface area contributed by atoms with E-state index in [9.17, 15) is 4.79 Å². The average Bonchev–Trinajstić information content (AvgIpc) is 3.44. The van der Waals surface area contributed by atoms with Crippen LogP contribution in [0.5, 0.6) is 17.2 Å². The van der Waals surface area contributed by atoms with Gasteiger partial charge in [-0.3, -0.25) is 9.36 Å². The molecule has 8 rings (SSSR count). The van der Waals surface area contributed by atoms with Gasteiger partial charge in [-0.05, 0) is 88.7 Å². The van der Waals surface area contributed by atoms with E-state index in [4.69, 9.17) is 19.2 Å². The van der Waals surface area contributed by atoms with Crippen molar-refractivity contribution in [1.82, 2.24) is 4.57 Å². The second-order valence-corrected chi connectivity index (χ2v) is 13.0. The summed E-state index contributed by atoms with van der Waals surface area (Å²) in [6.45, 7) is 2.86. The third-order valence-corrected chi connectivity index (χ3v) is 10.1. The van der Waals surface area contributed by atoms with Crippen LogP contribution in [0.3, 0.4) is 0 Å². The van der Waals surface area contributed by atoms with Crippen molar-refractivity contribution in [2.75, 3.05) is 13.7 Å². The van der Waals surface area contributed by atoms with Crippen LogP contribution in [0.4, 0.5) is 0 Å². The van der Waals surface area contributed by atoms with E-state index >= 15 is 0 Å². The molecule has 238 valence electrons. The van der Waals surface area contributed by atoms with E-state index < -0.39 is 0 Å². The Morgan fingerprint density at radius 3 is 2.54 bits per heavy atom. The Bertz CT molecular complexity index is 2380. The van der Waals surface area contributed by atoms with Gasteiger partial charge in [0.25, 0.3) is 5.56 Å². The third kappa shape index (κ3) is 5.40. The molecule has 0 amide bonds. The molecule has 5 aromatic carbocycles. The first-order valence-electron chi connectivity index (χ1n) is 16.2. The second kappa shape index (κ2) is 12.7. The maximum atomic E-state index is 14.3. The van der Waals surface area contributed by atoms with Crippen LogP contribution in [0, 0.1) is 0 Å². The number of methoxy groups -OCH3 is 1.